The summed E-state index contributed by atoms with van der Waals surface area (Å²) in [6.45, 7) is 4.05. The van der Waals surface area contributed by atoms with E-state index in [4.69, 9.17) is 14.4 Å². The van der Waals surface area contributed by atoms with Crippen LogP contribution in [0.15, 0.2) is 16.8 Å². The van der Waals surface area contributed by atoms with Gasteiger partial charge in [-0.05, 0) is 6.54 Å². The molecule has 0 bridgehead atoms. The number of carboxylic acids is 1. The molecule has 17 heavy (non-hydrogen) atoms. The van der Waals surface area contributed by atoms with E-state index in [9.17, 15) is 4.79 Å². The van der Waals surface area contributed by atoms with Gasteiger partial charge in [0.1, 0.15) is 0 Å². The number of hydrogen-bond donors (Lipinski definition) is 1. The highest BCUT2D eigenvalue weighted by Crippen LogP contribution is 2.21. The molecule has 1 aromatic heterocycles. The average molecular weight is 240 g/mol. The molecule has 2 atom stereocenters. The van der Waals surface area contributed by atoms with Gasteiger partial charge in [-0.15, -0.1) is 0 Å². The summed E-state index contributed by atoms with van der Waals surface area (Å²) in [6, 6.07) is 1.69. The predicted octanol–water partition coefficient (Wildman–Crippen LogP) is 0.596. The van der Waals surface area contributed by atoms with Gasteiger partial charge in [-0.1, -0.05) is 12.1 Å². The van der Waals surface area contributed by atoms with Gasteiger partial charge in [-0.25, -0.2) is 0 Å². The fourth-order valence-electron chi connectivity index (χ4n) is 2.13. The Hall–Kier alpha value is -1.40. The maximum Gasteiger partial charge on any atom is 0.310 e. The van der Waals surface area contributed by atoms with Crippen molar-refractivity contribution in [3.8, 4) is 0 Å². The number of aliphatic carboxylic acids is 1. The predicted molar refractivity (Wildman–Crippen MR) is 58.3 cm³/mol. The summed E-state index contributed by atoms with van der Waals surface area (Å²) >= 11 is 0. The van der Waals surface area contributed by atoms with Gasteiger partial charge in [0.15, 0.2) is 5.76 Å². The topological polar surface area (TPSA) is 75.8 Å². The summed E-state index contributed by atoms with van der Waals surface area (Å²) in [4.78, 5) is 13.1. The third-order valence-electron chi connectivity index (χ3n) is 3.09. The normalized spacial score (nSPS) is 24.4. The van der Waals surface area contributed by atoms with Crippen LogP contribution in [0.5, 0.6) is 0 Å². The summed E-state index contributed by atoms with van der Waals surface area (Å²) < 4.78 is 10.3. The summed E-state index contributed by atoms with van der Waals surface area (Å²) in [5, 5.41) is 12.8. The van der Waals surface area contributed by atoms with Gasteiger partial charge in [0.25, 0.3) is 0 Å². The number of rotatable bonds is 5. The van der Waals surface area contributed by atoms with Crippen molar-refractivity contribution in [2.75, 3.05) is 19.8 Å². The van der Waals surface area contributed by atoms with Crippen LogP contribution in [0.4, 0.5) is 0 Å². The van der Waals surface area contributed by atoms with Gasteiger partial charge in [0.05, 0.1) is 31.9 Å². The van der Waals surface area contributed by atoms with Crippen LogP contribution in [0.2, 0.25) is 0 Å². The lowest BCUT2D eigenvalue weighted by Gasteiger charge is -2.27. The molecule has 2 heterocycles. The van der Waals surface area contributed by atoms with Crippen LogP contribution in [0.3, 0.4) is 0 Å². The second-order valence-electron chi connectivity index (χ2n) is 4.09. The second-order valence-corrected chi connectivity index (χ2v) is 4.09. The molecule has 0 amide bonds. The van der Waals surface area contributed by atoms with Crippen LogP contribution in [0.25, 0.3) is 0 Å². The highest BCUT2D eigenvalue weighted by Gasteiger charge is 2.37. The molecule has 2 unspecified atom stereocenters. The number of carbonyl (C=O) groups is 1. The van der Waals surface area contributed by atoms with Crippen LogP contribution < -0.4 is 0 Å². The SMILES string of the molecule is CCN(Cc1ccno1)C1COCC1C(=O)O. The first-order valence-corrected chi connectivity index (χ1v) is 5.66. The molecule has 0 spiro atoms. The third kappa shape index (κ3) is 2.65. The standard InChI is InChI=1S/C11H16N2O4/c1-2-13(5-8-3-4-12-17-8)10-7-16-6-9(10)11(14)15/h3-4,9-10H,2,5-7H2,1H3,(H,14,15). The van der Waals surface area contributed by atoms with Crippen molar-refractivity contribution in [1.82, 2.24) is 10.1 Å². The number of nitrogens with zero attached hydrogens (tertiary/aromatic N) is 2. The van der Waals surface area contributed by atoms with Gasteiger partial charge in [-0.2, -0.15) is 0 Å². The first-order valence-electron chi connectivity index (χ1n) is 5.66. The number of likely N-dealkylation sites (N-methyl/N-ethyl adjacent to an activating group) is 1. The third-order valence-corrected chi connectivity index (χ3v) is 3.09. The van der Waals surface area contributed by atoms with Gasteiger partial charge in [-0.3, -0.25) is 9.69 Å². The van der Waals surface area contributed by atoms with E-state index in [2.05, 4.69) is 5.16 Å². The molecule has 1 N–H and O–H groups in total. The maximum absolute atomic E-state index is 11.1. The second kappa shape index (κ2) is 5.29. The minimum Gasteiger partial charge on any atom is -0.481 e. The lowest BCUT2D eigenvalue weighted by Crippen LogP contribution is -2.42. The Morgan fingerprint density at radius 3 is 3.06 bits per heavy atom. The number of aromatic nitrogens is 1. The van der Waals surface area contributed by atoms with E-state index in [0.717, 1.165) is 12.3 Å². The molecule has 1 aliphatic heterocycles. The van der Waals surface area contributed by atoms with E-state index >= 15 is 0 Å². The fourth-order valence-corrected chi connectivity index (χ4v) is 2.13. The van der Waals surface area contributed by atoms with Crippen molar-refractivity contribution >= 4 is 5.97 Å². The summed E-state index contributed by atoms with van der Waals surface area (Å²) in [5.74, 6) is -0.524. The number of ether oxygens (including phenoxy) is 1. The first-order chi connectivity index (χ1) is 8.22. The molecule has 1 saturated heterocycles. The Balaban J connectivity index is 2.04. The van der Waals surface area contributed by atoms with Gasteiger partial charge < -0.3 is 14.4 Å². The molecule has 6 nitrogen and oxygen atoms in total. The molecule has 0 aliphatic carbocycles. The molecule has 0 radical (unpaired) electrons. The van der Waals surface area contributed by atoms with E-state index in [1.807, 2.05) is 11.8 Å². The molecular weight excluding hydrogens is 224 g/mol. The lowest BCUT2D eigenvalue weighted by molar-refractivity contribution is -0.143. The molecule has 0 aromatic carbocycles. The van der Waals surface area contributed by atoms with Crippen molar-refractivity contribution in [2.24, 2.45) is 5.92 Å². The largest absolute Gasteiger partial charge is 0.481 e. The van der Waals surface area contributed by atoms with E-state index < -0.39 is 11.9 Å². The minimum absolute atomic E-state index is 0.0948. The Kier molecular flexibility index (Phi) is 3.75. The van der Waals surface area contributed by atoms with Crippen LogP contribution in [-0.4, -0.2) is 46.9 Å². The van der Waals surface area contributed by atoms with Gasteiger partial charge in [0, 0.05) is 12.1 Å². The highest BCUT2D eigenvalue weighted by molar-refractivity contribution is 5.71. The number of carboxylic acid groups (broad SMARTS) is 1. The molecular formula is C11H16N2O4. The van der Waals surface area contributed by atoms with E-state index in [0.29, 0.717) is 13.2 Å². The number of hydrogen-bond acceptors (Lipinski definition) is 5. The maximum atomic E-state index is 11.1. The zero-order valence-corrected chi connectivity index (χ0v) is 9.70. The van der Waals surface area contributed by atoms with Crippen LogP contribution in [-0.2, 0) is 16.1 Å². The Labute approximate surface area is 99.1 Å². The molecule has 6 heteroatoms. The van der Waals surface area contributed by atoms with Crippen LogP contribution in [0.1, 0.15) is 12.7 Å². The van der Waals surface area contributed by atoms with E-state index in [1.165, 1.54) is 0 Å². The summed E-state index contributed by atoms with van der Waals surface area (Å²) in [5.41, 5.74) is 0. The zero-order valence-electron chi connectivity index (χ0n) is 9.70. The van der Waals surface area contributed by atoms with Crippen molar-refractivity contribution in [2.45, 2.75) is 19.5 Å². The fraction of sp³-hybridized carbons (Fsp3) is 0.636. The van der Waals surface area contributed by atoms with Crippen LogP contribution >= 0.6 is 0 Å². The smallest absolute Gasteiger partial charge is 0.310 e. The summed E-state index contributed by atoms with van der Waals surface area (Å²) in [7, 11) is 0. The van der Waals surface area contributed by atoms with E-state index in [1.54, 1.807) is 12.3 Å². The highest BCUT2D eigenvalue weighted by atomic mass is 16.5. The average Bonchev–Trinajstić information content (AvgIpc) is 2.96. The van der Waals surface area contributed by atoms with Gasteiger partial charge >= 0.3 is 5.97 Å². The van der Waals surface area contributed by atoms with Gasteiger partial charge in [0.2, 0.25) is 0 Å². The van der Waals surface area contributed by atoms with Crippen LogP contribution in [0, 0.1) is 5.92 Å². The summed E-state index contributed by atoms with van der Waals surface area (Å²) in [6.07, 6.45) is 1.59. The zero-order chi connectivity index (χ0) is 12.3. The molecule has 1 fully saturated rings. The first kappa shape index (κ1) is 12.1. The Morgan fingerprint density at radius 2 is 2.47 bits per heavy atom. The lowest BCUT2D eigenvalue weighted by atomic mass is 10.0. The van der Waals surface area contributed by atoms with Crippen molar-refractivity contribution in [3.05, 3.63) is 18.0 Å². The minimum atomic E-state index is -0.802. The molecule has 0 saturated carbocycles. The molecule has 1 aromatic rings. The van der Waals surface area contributed by atoms with Crippen molar-refractivity contribution in [3.63, 3.8) is 0 Å². The Bertz CT molecular complexity index is 366. The van der Waals surface area contributed by atoms with E-state index in [-0.39, 0.29) is 12.6 Å². The van der Waals surface area contributed by atoms with Crippen molar-refractivity contribution < 1.29 is 19.2 Å². The Morgan fingerprint density at radius 1 is 1.65 bits per heavy atom. The molecule has 1 aliphatic rings. The molecule has 2 rings (SSSR count). The van der Waals surface area contributed by atoms with Crippen molar-refractivity contribution in [1.29, 1.82) is 0 Å². The quantitative estimate of drug-likeness (QED) is 0.812. The monoisotopic (exact) mass is 240 g/mol. The molecule has 94 valence electrons.